The van der Waals surface area contributed by atoms with Gasteiger partial charge in [-0.1, -0.05) is 29.8 Å². The van der Waals surface area contributed by atoms with Crippen LogP contribution >= 0.6 is 11.6 Å². The van der Waals surface area contributed by atoms with Gasteiger partial charge in [0, 0.05) is 11.6 Å². The normalized spacial score (nSPS) is 11.7. The Morgan fingerprint density at radius 1 is 1.12 bits per heavy atom. The lowest BCUT2D eigenvalue weighted by Crippen LogP contribution is -2.29. The van der Waals surface area contributed by atoms with E-state index in [0.29, 0.717) is 22.1 Å². The topological polar surface area (TPSA) is 67.8 Å². The maximum atomic E-state index is 12.0. The molecule has 24 heavy (non-hydrogen) atoms. The van der Waals surface area contributed by atoms with Gasteiger partial charge < -0.3 is 19.9 Å². The van der Waals surface area contributed by atoms with Crippen molar-refractivity contribution in [3.63, 3.8) is 0 Å². The molecule has 128 valence electrons. The molecule has 0 saturated heterocycles. The van der Waals surface area contributed by atoms with E-state index >= 15 is 0 Å². The molecule has 0 spiro atoms. The van der Waals surface area contributed by atoms with Gasteiger partial charge in [-0.2, -0.15) is 0 Å². The largest absolute Gasteiger partial charge is 0.493 e. The number of hydrogen-bond donors (Lipinski definition) is 2. The van der Waals surface area contributed by atoms with Gasteiger partial charge in [0.25, 0.3) is 0 Å². The Balaban J connectivity index is 1.90. The number of hydrogen-bond acceptors (Lipinski definition) is 4. The Hall–Kier alpha value is -2.24. The molecule has 0 heterocycles. The van der Waals surface area contributed by atoms with Crippen molar-refractivity contribution in [2.75, 3.05) is 20.8 Å². The summed E-state index contributed by atoms with van der Waals surface area (Å²) in [5, 5.41) is 13.4. The summed E-state index contributed by atoms with van der Waals surface area (Å²) in [7, 11) is 3.10. The van der Waals surface area contributed by atoms with E-state index in [-0.39, 0.29) is 18.9 Å². The molecule has 1 amide bonds. The van der Waals surface area contributed by atoms with Crippen molar-refractivity contribution >= 4 is 17.5 Å². The van der Waals surface area contributed by atoms with E-state index in [0.717, 1.165) is 5.56 Å². The number of methoxy groups -OCH3 is 2. The second kappa shape index (κ2) is 8.57. The lowest BCUT2D eigenvalue weighted by Gasteiger charge is -2.13. The number of ether oxygens (including phenoxy) is 2. The average Bonchev–Trinajstić information content (AvgIpc) is 2.60. The summed E-state index contributed by atoms with van der Waals surface area (Å²) in [6.45, 7) is 0.133. The van der Waals surface area contributed by atoms with Crippen molar-refractivity contribution in [2.45, 2.75) is 12.5 Å². The molecule has 0 aliphatic rings. The quantitative estimate of drug-likeness (QED) is 0.806. The van der Waals surface area contributed by atoms with E-state index in [1.807, 2.05) is 0 Å². The van der Waals surface area contributed by atoms with E-state index in [1.165, 1.54) is 0 Å². The zero-order valence-electron chi connectivity index (χ0n) is 13.6. The summed E-state index contributed by atoms with van der Waals surface area (Å²) < 4.78 is 10.4. The van der Waals surface area contributed by atoms with Gasteiger partial charge in [-0.3, -0.25) is 4.79 Å². The van der Waals surface area contributed by atoms with Crippen LogP contribution < -0.4 is 14.8 Å². The van der Waals surface area contributed by atoms with Crippen LogP contribution in [0.1, 0.15) is 17.2 Å². The summed E-state index contributed by atoms with van der Waals surface area (Å²) in [4.78, 5) is 12.0. The van der Waals surface area contributed by atoms with E-state index in [2.05, 4.69) is 5.32 Å². The highest BCUT2D eigenvalue weighted by Crippen LogP contribution is 2.27. The third-order valence-corrected chi connectivity index (χ3v) is 3.81. The van der Waals surface area contributed by atoms with Crippen LogP contribution in [0.5, 0.6) is 11.5 Å². The van der Waals surface area contributed by atoms with Crippen molar-refractivity contribution in [1.29, 1.82) is 0 Å². The van der Waals surface area contributed by atoms with Gasteiger partial charge in [0.2, 0.25) is 5.91 Å². The lowest BCUT2D eigenvalue weighted by atomic mass is 10.1. The molecule has 0 saturated carbocycles. The third kappa shape index (κ3) is 4.88. The minimum absolute atomic E-state index is 0.133. The fraction of sp³-hybridized carbons (Fsp3) is 0.278. The number of rotatable bonds is 7. The third-order valence-electron chi connectivity index (χ3n) is 3.56. The number of aliphatic hydroxyl groups excluding tert-OH is 1. The van der Waals surface area contributed by atoms with Crippen LogP contribution in [0.3, 0.4) is 0 Å². The van der Waals surface area contributed by atoms with Crippen molar-refractivity contribution < 1.29 is 19.4 Å². The predicted molar refractivity (Wildman–Crippen MR) is 92.7 cm³/mol. The van der Waals surface area contributed by atoms with Crippen LogP contribution in [0.4, 0.5) is 0 Å². The minimum atomic E-state index is -0.781. The standard InChI is InChI=1S/C18H20ClNO4/c1-23-16-8-3-12(9-17(16)24-2)10-18(22)20-11-15(21)13-4-6-14(19)7-5-13/h3-9,15,21H,10-11H2,1-2H3,(H,20,22). The molecule has 1 atom stereocenters. The second-order valence-electron chi connectivity index (χ2n) is 5.24. The number of carbonyl (C=O) groups is 1. The van der Waals surface area contributed by atoms with Gasteiger partial charge in [-0.05, 0) is 35.4 Å². The molecule has 2 N–H and O–H groups in total. The molecule has 0 aromatic heterocycles. The predicted octanol–water partition coefficient (Wildman–Crippen LogP) is 2.75. The van der Waals surface area contributed by atoms with Crippen molar-refractivity contribution in [3.05, 3.63) is 58.6 Å². The molecule has 0 radical (unpaired) electrons. The Bertz CT molecular complexity index is 688. The summed E-state index contributed by atoms with van der Waals surface area (Å²) in [5.74, 6) is 0.999. The van der Waals surface area contributed by atoms with Crippen LogP contribution in [0, 0.1) is 0 Å². The summed E-state index contributed by atoms with van der Waals surface area (Å²) >= 11 is 5.81. The second-order valence-corrected chi connectivity index (χ2v) is 5.67. The molecule has 0 fully saturated rings. The molecule has 2 aromatic rings. The number of amides is 1. The van der Waals surface area contributed by atoms with Gasteiger partial charge in [-0.25, -0.2) is 0 Å². The van der Waals surface area contributed by atoms with Crippen LogP contribution in [0.25, 0.3) is 0 Å². The first-order valence-electron chi connectivity index (χ1n) is 7.44. The molecule has 0 aliphatic carbocycles. The molecule has 6 heteroatoms. The SMILES string of the molecule is COc1ccc(CC(=O)NCC(O)c2ccc(Cl)cc2)cc1OC. The zero-order valence-corrected chi connectivity index (χ0v) is 14.3. The van der Waals surface area contributed by atoms with Crippen LogP contribution in [0.15, 0.2) is 42.5 Å². The molecular formula is C18H20ClNO4. The van der Waals surface area contributed by atoms with Crippen molar-refractivity contribution in [3.8, 4) is 11.5 Å². The van der Waals surface area contributed by atoms with Gasteiger partial charge in [0.1, 0.15) is 0 Å². The summed E-state index contributed by atoms with van der Waals surface area (Å²) in [5.41, 5.74) is 1.50. The maximum Gasteiger partial charge on any atom is 0.224 e. The Kier molecular flexibility index (Phi) is 6.46. The molecule has 0 bridgehead atoms. The monoisotopic (exact) mass is 349 g/mol. The van der Waals surface area contributed by atoms with Gasteiger partial charge in [-0.15, -0.1) is 0 Å². The molecule has 0 aliphatic heterocycles. The molecular weight excluding hydrogens is 330 g/mol. The van der Waals surface area contributed by atoms with Crippen molar-refractivity contribution in [2.24, 2.45) is 0 Å². The fourth-order valence-electron chi connectivity index (χ4n) is 2.25. The molecule has 2 rings (SSSR count). The van der Waals surface area contributed by atoms with Crippen LogP contribution in [0.2, 0.25) is 5.02 Å². The first-order chi connectivity index (χ1) is 11.5. The summed E-state index contributed by atoms with van der Waals surface area (Å²) in [6.07, 6.45) is -0.593. The van der Waals surface area contributed by atoms with Crippen LogP contribution in [-0.2, 0) is 11.2 Å². The zero-order chi connectivity index (χ0) is 17.5. The molecule has 1 unspecified atom stereocenters. The average molecular weight is 350 g/mol. The first-order valence-corrected chi connectivity index (χ1v) is 7.82. The van der Waals surface area contributed by atoms with Crippen LogP contribution in [-0.4, -0.2) is 31.8 Å². The molecule has 5 nitrogen and oxygen atoms in total. The Morgan fingerprint density at radius 2 is 1.79 bits per heavy atom. The number of benzene rings is 2. The highest BCUT2D eigenvalue weighted by atomic mass is 35.5. The Labute approximate surface area is 146 Å². The fourth-order valence-corrected chi connectivity index (χ4v) is 2.38. The van der Waals surface area contributed by atoms with Crippen molar-refractivity contribution in [1.82, 2.24) is 5.32 Å². The van der Waals surface area contributed by atoms with E-state index in [4.69, 9.17) is 21.1 Å². The highest BCUT2D eigenvalue weighted by Gasteiger charge is 2.11. The van der Waals surface area contributed by atoms with Gasteiger partial charge in [0.05, 0.1) is 26.7 Å². The first kappa shape index (κ1) is 18.1. The van der Waals surface area contributed by atoms with E-state index in [1.54, 1.807) is 56.7 Å². The minimum Gasteiger partial charge on any atom is -0.493 e. The van der Waals surface area contributed by atoms with E-state index in [9.17, 15) is 9.90 Å². The molecule has 2 aromatic carbocycles. The number of nitrogens with one attached hydrogen (secondary N) is 1. The maximum absolute atomic E-state index is 12.0. The van der Waals surface area contributed by atoms with Gasteiger partial charge in [0.15, 0.2) is 11.5 Å². The Morgan fingerprint density at radius 3 is 2.42 bits per heavy atom. The number of carbonyl (C=O) groups excluding carboxylic acids is 1. The smallest absolute Gasteiger partial charge is 0.224 e. The van der Waals surface area contributed by atoms with E-state index < -0.39 is 6.10 Å². The number of aliphatic hydroxyl groups is 1. The number of halogens is 1. The lowest BCUT2D eigenvalue weighted by molar-refractivity contribution is -0.120. The van der Waals surface area contributed by atoms with Gasteiger partial charge >= 0.3 is 0 Å². The highest BCUT2D eigenvalue weighted by molar-refractivity contribution is 6.30. The summed E-state index contributed by atoms with van der Waals surface area (Å²) in [6, 6.07) is 12.2.